The van der Waals surface area contributed by atoms with Crippen molar-refractivity contribution in [2.24, 2.45) is 0 Å². The third-order valence-electron chi connectivity index (χ3n) is 1.75. The molecule has 0 radical (unpaired) electrons. The highest BCUT2D eigenvalue weighted by Gasteiger charge is 2.31. The predicted molar refractivity (Wildman–Crippen MR) is 55.9 cm³/mol. The minimum absolute atomic E-state index is 0.248. The molecule has 1 rings (SSSR count). The Morgan fingerprint density at radius 3 is 2.19 bits per heavy atom. The molecule has 2 nitrogen and oxygen atoms in total. The van der Waals surface area contributed by atoms with Crippen molar-refractivity contribution in [1.82, 2.24) is 0 Å². The monoisotopic (exact) mass is 250 g/mol. The molecule has 1 aromatic carbocycles. The van der Waals surface area contributed by atoms with Gasteiger partial charge in [-0.1, -0.05) is 0 Å². The number of Topliss-reactive ketones (excluding diaryl/α,β-unsaturated/α-hetero) is 1. The average molecular weight is 250 g/mol. The van der Waals surface area contributed by atoms with E-state index in [0.29, 0.717) is 5.56 Å². The van der Waals surface area contributed by atoms with Gasteiger partial charge in [-0.2, -0.15) is 12.6 Å². The normalized spacial score (nSPS) is 13.3. The molecular formula is C10H9F3O2S. The average Bonchev–Trinajstić information content (AvgIpc) is 2.15. The van der Waals surface area contributed by atoms with Gasteiger partial charge < -0.3 is 4.74 Å². The molecule has 1 unspecified atom stereocenters. The van der Waals surface area contributed by atoms with E-state index in [2.05, 4.69) is 17.4 Å². The number of benzene rings is 1. The molecule has 0 amide bonds. The molecule has 0 aromatic heterocycles. The van der Waals surface area contributed by atoms with E-state index in [0.717, 1.165) is 12.1 Å². The van der Waals surface area contributed by atoms with Gasteiger partial charge in [-0.25, -0.2) is 0 Å². The zero-order valence-electron chi connectivity index (χ0n) is 8.28. The van der Waals surface area contributed by atoms with Crippen molar-refractivity contribution >= 4 is 18.4 Å². The van der Waals surface area contributed by atoms with Crippen LogP contribution < -0.4 is 4.74 Å². The van der Waals surface area contributed by atoms with Crippen LogP contribution in [-0.4, -0.2) is 17.4 Å². The largest absolute Gasteiger partial charge is 0.573 e. The number of ketones is 1. The molecule has 0 fully saturated rings. The second-order valence-corrected chi connectivity index (χ2v) is 3.89. The first-order valence-corrected chi connectivity index (χ1v) is 4.89. The second kappa shape index (κ2) is 4.78. The summed E-state index contributed by atoms with van der Waals surface area (Å²) in [6.07, 6.45) is -4.72. The molecule has 0 aliphatic carbocycles. The van der Waals surface area contributed by atoms with Crippen LogP contribution in [0.1, 0.15) is 17.3 Å². The third-order valence-corrected chi connectivity index (χ3v) is 1.99. The molecule has 0 spiro atoms. The van der Waals surface area contributed by atoms with Gasteiger partial charge in [0.05, 0.1) is 5.25 Å². The summed E-state index contributed by atoms with van der Waals surface area (Å²) in [6.45, 7) is 1.59. The van der Waals surface area contributed by atoms with Gasteiger partial charge in [-0.15, -0.1) is 13.2 Å². The molecule has 0 saturated carbocycles. The molecule has 1 aromatic rings. The van der Waals surface area contributed by atoms with Crippen LogP contribution in [0.4, 0.5) is 13.2 Å². The van der Waals surface area contributed by atoms with Crippen LogP contribution in [0, 0.1) is 0 Å². The zero-order valence-corrected chi connectivity index (χ0v) is 9.18. The van der Waals surface area contributed by atoms with E-state index in [1.165, 1.54) is 12.1 Å². The highest BCUT2D eigenvalue weighted by atomic mass is 32.1. The van der Waals surface area contributed by atoms with E-state index in [-0.39, 0.29) is 11.5 Å². The molecule has 16 heavy (non-hydrogen) atoms. The number of ether oxygens (including phenoxy) is 1. The lowest BCUT2D eigenvalue weighted by Gasteiger charge is -2.09. The van der Waals surface area contributed by atoms with E-state index in [9.17, 15) is 18.0 Å². The van der Waals surface area contributed by atoms with Gasteiger partial charge in [-0.3, -0.25) is 4.79 Å². The molecule has 1 atom stereocenters. The number of halogens is 3. The van der Waals surface area contributed by atoms with Crippen LogP contribution in [0.5, 0.6) is 5.75 Å². The number of hydrogen-bond acceptors (Lipinski definition) is 3. The van der Waals surface area contributed by atoms with E-state index >= 15 is 0 Å². The Hall–Kier alpha value is -1.17. The highest BCUT2D eigenvalue weighted by molar-refractivity contribution is 7.81. The maximum Gasteiger partial charge on any atom is 0.573 e. The SMILES string of the molecule is CC(S)C(=O)c1ccc(OC(F)(F)F)cc1. The molecule has 0 aliphatic rings. The Balaban J connectivity index is 2.80. The number of thiol groups is 1. The Labute approximate surface area is 95.8 Å². The first-order chi connectivity index (χ1) is 7.29. The lowest BCUT2D eigenvalue weighted by molar-refractivity contribution is -0.274. The quantitative estimate of drug-likeness (QED) is 0.659. The molecule has 0 N–H and O–H groups in total. The Bertz CT molecular complexity index is 371. The summed E-state index contributed by atoms with van der Waals surface area (Å²) in [5.74, 6) is -0.599. The van der Waals surface area contributed by atoms with Crippen molar-refractivity contribution in [1.29, 1.82) is 0 Å². The van der Waals surface area contributed by atoms with Crippen LogP contribution >= 0.6 is 12.6 Å². The lowest BCUT2D eigenvalue weighted by atomic mass is 10.1. The maximum absolute atomic E-state index is 11.8. The molecule has 0 heterocycles. The number of carbonyl (C=O) groups is 1. The predicted octanol–water partition coefficient (Wildman–Crippen LogP) is 3.09. The van der Waals surface area contributed by atoms with E-state index < -0.39 is 11.6 Å². The smallest absolute Gasteiger partial charge is 0.406 e. The van der Waals surface area contributed by atoms with Crippen LogP contribution in [0.15, 0.2) is 24.3 Å². The third kappa shape index (κ3) is 3.77. The highest BCUT2D eigenvalue weighted by Crippen LogP contribution is 2.23. The molecule has 88 valence electrons. The summed E-state index contributed by atoms with van der Waals surface area (Å²) in [5.41, 5.74) is 0.303. The van der Waals surface area contributed by atoms with Gasteiger partial charge in [0.2, 0.25) is 0 Å². The first-order valence-electron chi connectivity index (χ1n) is 4.37. The number of hydrogen-bond donors (Lipinski definition) is 1. The molecular weight excluding hydrogens is 241 g/mol. The molecule has 6 heteroatoms. The molecule has 0 bridgehead atoms. The van der Waals surface area contributed by atoms with E-state index in [4.69, 9.17) is 0 Å². The summed E-state index contributed by atoms with van der Waals surface area (Å²) in [5, 5.41) is -0.491. The summed E-state index contributed by atoms with van der Waals surface area (Å²) < 4.78 is 39.1. The van der Waals surface area contributed by atoms with Crippen molar-refractivity contribution in [3.63, 3.8) is 0 Å². The zero-order chi connectivity index (χ0) is 12.3. The topological polar surface area (TPSA) is 26.3 Å². The number of alkyl halides is 3. The summed E-state index contributed by atoms with van der Waals surface area (Å²) in [4.78, 5) is 11.4. The minimum Gasteiger partial charge on any atom is -0.406 e. The van der Waals surface area contributed by atoms with Gasteiger partial charge in [-0.05, 0) is 31.2 Å². The summed E-state index contributed by atoms with van der Waals surface area (Å²) in [6, 6.07) is 4.74. The molecule has 0 saturated heterocycles. The fourth-order valence-electron chi connectivity index (χ4n) is 1.06. The van der Waals surface area contributed by atoms with Gasteiger partial charge in [0.25, 0.3) is 0 Å². The standard InChI is InChI=1S/C10H9F3O2S/c1-6(16)9(14)7-2-4-8(5-3-7)15-10(11,12)13/h2-6,16H,1H3. The van der Waals surface area contributed by atoms with Gasteiger partial charge in [0, 0.05) is 5.56 Å². The van der Waals surface area contributed by atoms with E-state index in [1.54, 1.807) is 6.92 Å². The van der Waals surface area contributed by atoms with Crippen molar-refractivity contribution < 1.29 is 22.7 Å². The fourth-order valence-corrected chi connectivity index (χ4v) is 1.21. The van der Waals surface area contributed by atoms with Crippen LogP contribution in [0.3, 0.4) is 0 Å². The minimum atomic E-state index is -4.72. The van der Waals surface area contributed by atoms with E-state index in [1.807, 2.05) is 0 Å². The Morgan fingerprint density at radius 1 is 1.31 bits per heavy atom. The van der Waals surface area contributed by atoms with Crippen molar-refractivity contribution in [3.05, 3.63) is 29.8 Å². The molecule has 0 aliphatic heterocycles. The Morgan fingerprint density at radius 2 is 1.81 bits per heavy atom. The second-order valence-electron chi connectivity index (χ2n) is 3.11. The van der Waals surface area contributed by atoms with Crippen LogP contribution in [-0.2, 0) is 0 Å². The van der Waals surface area contributed by atoms with Crippen molar-refractivity contribution in [2.45, 2.75) is 18.5 Å². The number of rotatable bonds is 3. The van der Waals surface area contributed by atoms with Crippen LogP contribution in [0.2, 0.25) is 0 Å². The summed E-state index contributed by atoms with van der Waals surface area (Å²) in [7, 11) is 0. The van der Waals surface area contributed by atoms with Gasteiger partial charge in [0.15, 0.2) is 5.78 Å². The number of carbonyl (C=O) groups excluding carboxylic acids is 1. The lowest BCUT2D eigenvalue weighted by Crippen LogP contribution is -2.17. The maximum atomic E-state index is 11.8. The van der Waals surface area contributed by atoms with Crippen molar-refractivity contribution in [3.8, 4) is 5.75 Å². The first kappa shape index (κ1) is 12.9. The van der Waals surface area contributed by atoms with Gasteiger partial charge in [0.1, 0.15) is 5.75 Å². The Kier molecular flexibility index (Phi) is 3.85. The van der Waals surface area contributed by atoms with Crippen molar-refractivity contribution in [2.75, 3.05) is 0 Å². The summed E-state index contributed by atoms with van der Waals surface area (Å²) >= 11 is 3.94. The fraction of sp³-hybridized carbons (Fsp3) is 0.300. The van der Waals surface area contributed by atoms with Crippen LogP contribution in [0.25, 0.3) is 0 Å². The van der Waals surface area contributed by atoms with Gasteiger partial charge >= 0.3 is 6.36 Å².